The van der Waals surface area contributed by atoms with Gasteiger partial charge in [-0.15, -0.1) is 0 Å². The molecule has 2 atom stereocenters. The van der Waals surface area contributed by atoms with Crippen molar-refractivity contribution in [3.63, 3.8) is 0 Å². The molecule has 1 aromatic carbocycles. The second-order valence-corrected chi connectivity index (χ2v) is 10.5. The molecule has 1 fully saturated rings. The number of rotatable bonds is 19. The molecule has 2 amide bonds. The number of nitrogens with one attached hydrogen (secondary N) is 1. The van der Waals surface area contributed by atoms with Crippen molar-refractivity contribution in [1.82, 2.24) is 10.2 Å². The fourth-order valence-electron chi connectivity index (χ4n) is 5.10. The van der Waals surface area contributed by atoms with Gasteiger partial charge in [-0.25, -0.2) is 0 Å². The molecule has 2 rings (SSSR count). The first-order valence-corrected chi connectivity index (χ1v) is 14.5. The average Bonchev–Trinajstić information content (AvgIpc) is 3.38. The molecule has 1 aromatic rings. The summed E-state index contributed by atoms with van der Waals surface area (Å²) in [4.78, 5) is 38.9. The van der Waals surface area contributed by atoms with E-state index >= 15 is 0 Å². The van der Waals surface area contributed by atoms with Gasteiger partial charge in [0.2, 0.25) is 11.8 Å². The van der Waals surface area contributed by atoms with Crippen LogP contribution in [0.3, 0.4) is 0 Å². The van der Waals surface area contributed by atoms with Crippen molar-refractivity contribution >= 4 is 17.8 Å². The van der Waals surface area contributed by atoms with Crippen LogP contribution < -0.4 is 40.0 Å². The molecule has 0 saturated carbocycles. The Morgan fingerprint density at radius 3 is 1.97 bits per heavy atom. The number of phenolic OH excluding ortho intramolecular Hbond substituents is 1. The molecule has 1 saturated heterocycles. The zero-order chi connectivity index (χ0) is 26.9. The van der Waals surface area contributed by atoms with Gasteiger partial charge in [-0.05, 0) is 43.4 Å². The molecule has 0 radical (unpaired) electrons. The fraction of sp³-hybridized carbons (Fsp3) is 0.700. The number of phenols is 1. The van der Waals surface area contributed by atoms with Gasteiger partial charge >= 0.3 is 29.6 Å². The van der Waals surface area contributed by atoms with E-state index in [-0.39, 0.29) is 47.6 Å². The van der Waals surface area contributed by atoms with Crippen molar-refractivity contribution < 1.29 is 54.2 Å². The van der Waals surface area contributed by atoms with Crippen LogP contribution in [-0.2, 0) is 20.8 Å². The van der Waals surface area contributed by atoms with Crippen LogP contribution in [0.2, 0.25) is 0 Å². The standard InChI is InChI=1S/C30H48N2O5.Na/c1-2-3-4-5-6-7-8-9-10-11-12-13-14-17-28(34)32-22-15-16-27(32)29(35)31-26(30(36)37)23-24-18-20-25(33)21-19-24;/h18-21,26-27,33H,2-17,22-23H2,1H3,(H,31,35)(H,36,37);/q;+1/p-1/t26?,27-;/m0./s1. The van der Waals surface area contributed by atoms with E-state index in [1.54, 1.807) is 17.0 Å². The molecule has 1 unspecified atom stereocenters. The van der Waals surface area contributed by atoms with Crippen LogP contribution in [0.1, 0.15) is 115 Å². The smallest absolute Gasteiger partial charge is 0.548 e. The van der Waals surface area contributed by atoms with Crippen molar-refractivity contribution in [3.05, 3.63) is 29.8 Å². The summed E-state index contributed by atoms with van der Waals surface area (Å²) in [7, 11) is 0. The monoisotopic (exact) mass is 538 g/mol. The van der Waals surface area contributed by atoms with Gasteiger partial charge in [0.15, 0.2) is 0 Å². The van der Waals surface area contributed by atoms with Gasteiger partial charge in [-0.1, -0.05) is 96.1 Å². The Balaban J connectivity index is 0.00000722. The zero-order valence-electron chi connectivity index (χ0n) is 23.7. The predicted octanol–water partition coefficient (Wildman–Crippen LogP) is 1.65. The number of benzene rings is 1. The topological polar surface area (TPSA) is 110 Å². The van der Waals surface area contributed by atoms with E-state index in [2.05, 4.69) is 12.2 Å². The average molecular weight is 539 g/mol. The molecule has 0 aromatic heterocycles. The molecule has 0 bridgehead atoms. The van der Waals surface area contributed by atoms with Crippen molar-refractivity contribution in [2.45, 2.75) is 128 Å². The molecule has 1 aliphatic heterocycles. The first-order valence-electron chi connectivity index (χ1n) is 14.5. The Kier molecular flexibility index (Phi) is 18.5. The number of unbranched alkanes of at least 4 members (excludes halogenated alkanes) is 12. The molecular formula is C30H47N2NaO5. The van der Waals surface area contributed by atoms with Gasteiger partial charge in [0.05, 0.1) is 12.0 Å². The summed E-state index contributed by atoms with van der Waals surface area (Å²) < 4.78 is 0. The Morgan fingerprint density at radius 2 is 1.45 bits per heavy atom. The van der Waals surface area contributed by atoms with Gasteiger partial charge in [0, 0.05) is 13.0 Å². The second kappa shape index (κ2) is 20.3. The molecule has 8 heteroatoms. The van der Waals surface area contributed by atoms with Crippen LogP contribution in [0.5, 0.6) is 5.75 Å². The molecule has 2 N–H and O–H groups in total. The number of carbonyl (C=O) groups excluding carboxylic acids is 3. The third kappa shape index (κ3) is 13.5. The summed E-state index contributed by atoms with van der Waals surface area (Å²) in [6.45, 7) is 2.78. The van der Waals surface area contributed by atoms with Crippen molar-refractivity contribution in [1.29, 1.82) is 0 Å². The Labute approximate surface area is 251 Å². The van der Waals surface area contributed by atoms with Gasteiger partial charge in [0.25, 0.3) is 0 Å². The van der Waals surface area contributed by atoms with Crippen molar-refractivity contribution in [2.24, 2.45) is 0 Å². The van der Waals surface area contributed by atoms with Gasteiger partial charge in [0.1, 0.15) is 11.8 Å². The van der Waals surface area contributed by atoms with E-state index in [0.717, 1.165) is 25.7 Å². The number of likely N-dealkylation sites (tertiary alicyclic amines) is 1. The molecule has 0 aliphatic carbocycles. The van der Waals surface area contributed by atoms with Crippen LogP contribution >= 0.6 is 0 Å². The largest absolute Gasteiger partial charge is 1.00 e. The van der Waals surface area contributed by atoms with Gasteiger partial charge in [-0.3, -0.25) is 9.59 Å². The van der Waals surface area contributed by atoms with Gasteiger partial charge < -0.3 is 25.2 Å². The molecule has 208 valence electrons. The quantitative estimate of drug-likeness (QED) is 0.206. The number of hydrogen-bond donors (Lipinski definition) is 2. The minimum atomic E-state index is -1.37. The first-order chi connectivity index (χ1) is 17.9. The van der Waals surface area contributed by atoms with E-state index in [0.29, 0.717) is 24.9 Å². The minimum absolute atomic E-state index is 0. The normalized spacial score (nSPS) is 15.6. The first kappa shape index (κ1) is 34.5. The number of aliphatic carboxylic acids is 1. The predicted molar refractivity (Wildman–Crippen MR) is 144 cm³/mol. The van der Waals surface area contributed by atoms with Crippen molar-refractivity contribution in [2.75, 3.05) is 6.54 Å². The number of amides is 2. The Morgan fingerprint density at radius 1 is 0.921 bits per heavy atom. The second-order valence-electron chi connectivity index (χ2n) is 10.5. The van der Waals surface area contributed by atoms with E-state index in [1.807, 2.05) is 0 Å². The van der Waals surface area contributed by atoms with Crippen LogP contribution in [0.4, 0.5) is 0 Å². The molecule has 1 aliphatic rings. The molecule has 38 heavy (non-hydrogen) atoms. The Hall–Kier alpha value is -1.57. The maximum atomic E-state index is 12.9. The molecule has 7 nitrogen and oxygen atoms in total. The van der Waals surface area contributed by atoms with E-state index in [4.69, 9.17) is 0 Å². The molecule has 0 spiro atoms. The maximum Gasteiger partial charge on any atom is 1.00 e. The number of carbonyl (C=O) groups is 3. The molecular weight excluding hydrogens is 491 g/mol. The van der Waals surface area contributed by atoms with Crippen LogP contribution in [0, 0.1) is 0 Å². The molecule has 1 heterocycles. The third-order valence-electron chi connectivity index (χ3n) is 7.35. The van der Waals surface area contributed by atoms with Crippen LogP contribution in [0.25, 0.3) is 0 Å². The Bertz CT molecular complexity index is 817. The van der Waals surface area contributed by atoms with E-state index in [9.17, 15) is 24.6 Å². The SMILES string of the molecule is CCCCCCCCCCCCCCCC(=O)N1CCC[C@H]1C(=O)NC(Cc1ccc(O)cc1)C(=O)[O-].[Na+]. The maximum absolute atomic E-state index is 12.9. The zero-order valence-corrected chi connectivity index (χ0v) is 25.7. The summed E-state index contributed by atoms with van der Waals surface area (Å²) in [5, 5.41) is 23.6. The van der Waals surface area contributed by atoms with Crippen molar-refractivity contribution in [3.8, 4) is 5.75 Å². The summed E-state index contributed by atoms with van der Waals surface area (Å²) in [6, 6.07) is 4.33. The summed E-state index contributed by atoms with van der Waals surface area (Å²) >= 11 is 0. The van der Waals surface area contributed by atoms with E-state index < -0.39 is 24.0 Å². The summed E-state index contributed by atoms with van der Waals surface area (Å²) in [5.74, 6) is -1.75. The minimum Gasteiger partial charge on any atom is -0.548 e. The van der Waals surface area contributed by atoms with Crippen LogP contribution in [-0.4, -0.2) is 46.4 Å². The third-order valence-corrected chi connectivity index (χ3v) is 7.35. The van der Waals surface area contributed by atoms with Gasteiger partial charge in [-0.2, -0.15) is 0 Å². The number of aromatic hydroxyl groups is 1. The number of nitrogens with zero attached hydrogens (tertiary/aromatic N) is 1. The summed E-state index contributed by atoms with van der Waals surface area (Å²) in [5.41, 5.74) is 0.661. The number of carboxylic acids is 1. The summed E-state index contributed by atoms with van der Waals surface area (Å²) in [6.07, 6.45) is 18.0. The number of carboxylic acid groups (broad SMARTS) is 1. The fourth-order valence-corrected chi connectivity index (χ4v) is 5.10. The number of hydrogen-bond acceptors (Lipinski definition) is 5. The van der Waals surface area contributed by atoms with E-state index in [1.165, 1.54) is 76.3 Å². The van der Waals surface area contributed by atoms with Crippen LogP contribution in [0.15, 0.2) is 24.3 Å².